The van der Waals surface area contributed by atoms with Crippen molar-refractivity contribution in [3.63, 3.8) is 0 Å². The Bertz CT molecular complexity index is 555. The summed E-state index contributed by atoms with van der Waals surface area (Å²) >= 11 is 0. The zero-order valence-electron chi connectivity index (χ0n) is 10.8. The third kappa shape index (κ3) is 3.12. The van der Waals surface area contributed by atoms with Crippen molar-refractivity contribution in [2.75, 3.05) is 6.54 Å². The van der Waals surface area contributed by atoms with Crippen LogP contribution in [0.1, 0.15) is 29.9 Å². The van der Waals surface area contributed by atoms with E-state index in [4.69, 9.17) is 0 Å². The molecule has 0 bridgehead atoms. The molecular formula is C14H15F2N3. The van der Waals surface area contributed by atoms with Crippen LogP contribution < -0.4 is 5.32 Å². The fraction of sp³-hybridized carbons (Fsp3) is 0.286. The number of aromatic nitrogens is 2. The summed E-state index contributed by atoms with van der Waals surface area (Å²) in [6.07, 6.45) is 3.40. The number of hydrogen-bond acceptors (Lipinski definition) is 3. The van der Waals surface area contributed by atoms with Gasteiger partial charge >= 0.3 is 0 Å². The molecule has 0 aliphatic carbocycles. The Morgan fingerprint density at radius 2 is 1.84 bits per heavy atom. The van der Waals surface area contributed by atoms with Crippen LogP contribution in [0.2, 0.25) is 0 Å². The molecule has 1 atom stereocenters. The smallest absolute Gasteiger partial charge is 0.159 e. The Hall–Kier alpha value is -1.88. The van der Waals surface area contributed by atoms with Crippen molar-refractivity contribution >= 4 is 0 Å². The molecule has 1 N–H and O–H groups in total. The number of hydrogen-bond donors (Lipinski definition) is 1. The minimum absolute atomic E-state index is 0.347. The Balaban J connectivity index is 2.38. The second-order valence-electron chi connectivity index (χ2n) is 4.28. The molecule has 1 unspecified atom stereocenters. The Morgan fingerprint density at radius 3 is 2.42 bits per heavy atom. The van der Waals surface area contributed by atoms with E-state index in [0.29, 0.717) is 17.9 Å². The summed E-state index contributed by atoms with van der Waals surface area (Å²) in [5.74, 6) is -1.19. The van der Waals surface area contributed by atoms with Crippen LogP contribution in [-0.4, -0.2) is 16.5 Å². The second-order valence-corrected chi connectivity index (χ2v) is 4.28. The normalized spacial score (nSPS) is 12.4. The zero-order chi connectivity index (χ0) is 13.8. The van der Waals surface area contributed by atoms with E-state index in [2.05, 4.69) is 15.3 Å². The van der Waals surface area contributed by atoms with Gasteiger partial charge in [-0.1, -0.05) is 13.0 Å². The molecule has 0 fully saturated rings. The lowest BCUT2D eigenvalue weighted by atomic mass is 10.1. The van der Waals surface area contributed by atoms with Gasteiger partial charge < -0.3 is 5.32 Å². The lowest BCUT2D eigenvalue weighted by Gasteiger charge is -2.17. The lowest BCUT2D eigenvalue weighted by Crippen LogP contribution is -2.24. The predicted molar refractivity (Wildman–Crippen MR) is 68.6 cm³/mol. The molecule has 2 rings (SSSR count). The lowest BCUT2D eigenvalue weighted by molar-refractivity contribution is 0.502. The summed E-state index contributed by atoms with van der Waals surface area (Å²) in [7, 11) is 0. The highest BCUT2D eigenvalue weighted by molar-refractivity contribution is 5.26. The molecule has 0 spiro atoms. The van der Waals surface area contributed by atoms with Gasteiger partial charge in [-0.3, -0.25) is 0 Å². The zero-order valence-corrected chi connectivity index (χ0v) is 10.8. The Morgan fingerprint density at radius 1 is 1.16 bits per heavy atom. The van der Waals surface area contributed by atoms with E-state index in [-0.39, 0.29) is 6.04 Å². The van der Waals surface area contributed by atoms with Crippen molar-refractivity contribution in [2.45, 2.75) is 19.9 Å². The summed E-state index contributed by atoms with van der Waals surface area (Å²) in [5, 5.41) is 3.17. The topological polar surface area (TPSA) is 37.8 Å². The summed E-state index contributed by atoms with van der Waals surface area (Å²) in [6, 6.07) is 3.48. The first-order valence-corrected chi connectivity index (χ1v) is 6.08. The first kappa shape index (κ1) is 13.5. The van der Waals surface area contributed by atoms with Gasteiger partial charge in [0.2, 0.25) is 0 Å². The van der Waals surface area contributed by atoms with Crippen LogP contribution >= 0.6 is 0 Å². The third-order valence-electron chi connectivity index (χ3n) is 2.74. The van der Waals surface area contributed by atoms with Crippen LogP contribution in [-0.2, 0) is 0 Å². The van der Waals surface area contributed by atoms with Crippen molar-refractivity contribution in [1.29, 1.82) is 0 Å². The molecule has 3 nitrogen and oxygen atoms in total. The van der Waals surface area contributed by atoms with Crippen molar-refractivity contribution < 1.29 is 8.78 Å². The summed E-state index contributed by atoms with van der Waals surface area (Å²) in [4.78, 5) is 8.47. The van der Waals surface area contributed by atoms with E-state index < -0.39 is 11.6 Å². The molecule has 1 heterocycles. The highest BCUT2D eigenvalue weighted by atomic mass is 19.2. The van der Waals surface area contributed by atoms with Crippen molar-refractivity contribution in [3.8, 4) is 0 Å². The molecule has 19 heavy (non-hydrogen) atoms. The number of aryl methyl sites for hydroxylation is 1. The maximum atomic E-state index is 13.3. The van der Waals surface area contributed by atoms with Crippen molar-refractivity contribution in [3.05, 3.63) is 59.2 Å². The van der Waals surface area contributed by atoms with E-state index in [1.165, 1.54) is 12.1 Å². The van der Waals surface area contributed by atoms with Crippen LogP contribution in [0.15, 0.2) is 30.6 Å². The van der Waals surface area contributed by atoms with Crippen LogP contribution in [0, 0.1) is 18.6 Å². The van der Waals surface area contributed by atoms with Crippen LogP contribution in [0.25, 0.3) is 0 Å². The minimum atomic E-state index is -0.868. The van der Waals surface area contributed by atoms with E-state index in [1.807, 2.05) is 13.8 Å². The van der Waals surface area contributed by atoms with Crippen LogP contribution in [0.5, 0.6) is 0 Å². The van der Waals surface area contributed by atoms with Gasteiger partial charge in [-0.2, -0.15) is 0 Å². The van der Waals surface area contributed by atoms with Gasteiger partial charge in [0.1, 0.15) is 5.82 Å². The molecule has 1 aromatic carbocycles. The Labute approximate surface area is 110 Å². The summed E-state index contributed by atoms with van der Waals surface area (Å²) in [6.45, 7) is 4.49. The Kier molecular flexibility index (Phi) is 4.16. The second kappa shape index (κ2) is 5.84. The number of halogens is 2. The molecule has 0 amide bonds. The molecule has 0 aliphatic heterocycles. The van der Waals surface area contributed by atoms with Gasteiger partial charge in [0, 0.05) is 12.4 Å². The molecule has 2 aromatic rings. The fourth-order valence-electron chi connectivity index (χ4n) is 1.81. The van der Waals surface area contributed by atoms with Gasteiger partial charge in [-0.05, 0) is 36.7 Å². The monoisotopic (exact) mass is 263 g/mol. The number of nitrogens with one attached hydrogen (secondary N) is 1. The van der Waals surface area contributed by atoms with Crippen LogP contribution in [0.3, 0.4) is 0 Å². The maximum Gasteiger partial charge on any atom is 0.159 e. The minimum Gasteiger partial charge on any atom is -0.304 e. The molecule has 5 heteroatoms. The highest BCUT2D eigenvalue weighted by Crippen LogP contribution is 2.20. The number of rotatable bonds is 4. The van der Waals surface area contributed by atoms with Crippen molar-refractivity contribution in [1.82, 2.24) is 15.3 Å². The average molecular weight is 263 g/mol. The van der Waals surface area contributed by atoms with Gasteiger partial charge in [0.15, 0.2) is 11.6 Å². The maximum absolute atomic E-state index is 13.3. The van der Waals surface area contributed by atoms with E-state index >= 15 is 0 Å². The van der Waals surface area contributed by atoms with Crippen molar-refractivity contribution in [2.24, 2.45) is 0 Å². The number of nitrogens with zero attached hydrogens (tertiary/aromatic N) is 2. The van der Waals surface area contributed by atoms with Gasteiger partial charge in [0.05, 0.1) is 6.04 Å². The van der Waals surface area contributed by atoms with Crippen LogP contribution in [0.4, 0.5) is 8.78 Å². The molecule has 100 valence electrons. The van der Waals surface area contributed by atoms with E-state index in [1.54, 1.807) is 12.4 Å². The third-order valence-corrected chi connectivity index (χ3v) is 2.74. The molecule has 1 aromatic heterocycles. The first-order valence-electron chi connectivity index (χ1n) is 6.08. The van der Waals surface area contributed by atoms with Gasteiger partial charge in [0.25, 0.3) is 0 Å². The largest absolute Gasteiger partial charge is 0.304 e. The molecule has 0 aliphatic rings. The van der Waals surface area contributed by atoms with E-state index in [0.717, 1.165) is 11.6 Å². The standard InChI is InChI=1S/C14H15F2N3/c1-3-17-13(14-18-7-9(2)8-19-14)10-4-5-11(15)12(16)6-10/h4-8,13,17H,3H2,1-2H3. The summed E-state index contributed by atoms with van der Waals surface area (Å²) < 4.78 is 26.3. The predicted octanol–water partition coefficient (Wildman–Crippen LogP) is 2.76. The molecule has 0 saturated carbocycles. The quantitative estimate of drug-likeness (QED) is 0.921. The SMILES string of the molecule is CCNC(c1ccc(F)c(F)c1)c1ncc(C)cn1. The average Bonchev–Trinajstić information content (AvgIpc) is 2.41. The van der Waals surface area contributed by atoms with Gasteiger partial charge in [-0.15, -0.1) is 0 Å². The molecular weight excluding hydrogens is 248 g/mol. The fourth-order valence-corrected chi connectivity index (χ4v) is 1.81. The number of benzene rings is 1. The van der Waals surface area contributed by atoms with E-state index in [9.17, 15) is 8.78 Å². The molecule has 0 radical (unpaired) electrons. The molecule has 0 saturated heterocycles. The summed E-state index contributed by atoms with van der Waals surface area (Å²) in [5.41, 5.74) is 1.55. The highest BCUT2D eigenvalue weighted by Gasteiger charge is 2.17. The first-order chi connectivity index (χ1) is 9.11. The van der Waals surface area contributed by atoms with Gasteiger partial charge in [-0.25, -0.2) is 18.7 Å².